The lowest BCUT2D eigenvalue weighted by molar-refractivity contribution is 0.103. The van der Waals surface area contributed by atoms with E-state index in [1.807, 2.05) is 0 Å². The number of carbonyl (C=O) groups excluding carboxylic acids is 1. The number of benzene rings is 2. The molecule has 2 rings (SSSR count). The first-order valence-electron chi connectivity index (χ1n) is 5.78. The predicted octanol–water partition coefficient (Wildman–Crippen LogP) is 2.75. The Morgan fingerprint density at radius 1 is 1.10 bits per heavy atom. The summed E-state index contributed by atoms with van der Waals surface area (Å²) in [5, 5.41) is 0. The van der Waals surface area contributed by atoms with E-state index in [4.69, 9.17) is 4.55 Å². The van der Waals surface area contributed by atoms with Crippen LogP contribution in [0.2, 0.25) is 0 Å². The van der Waals surface area contributed by atoms with Gasteiger partial charge in [0.25, 0.3) is 10.1 Å². The Bertz CT molecular complexity index is 809. The molecule has 0 aliphatic rings. The first kappa shape index (κ1) is 15.3. The van der Waals surface area contributed by atoms with Gasteiger partial charge in [0.05, 0.1) is 10.5 Å². The van der Waals surface area contributed by atoms with Gasteiger partial charge in [-0.2, -0.15) is 8.42 Å². The normalized spacial score (nSPS) is 11.4. The molecule has 110 valence electrons. The average Bonchev–Trinajstić information content (AvgIpc) is 2.36. The number of hydrogen-bond acceptors (Lipinski definition) is 3. The van der Waals surface area contributed by atoms with Gasteiger partial charge in [0.1, 0.15) is 11.6 Å². The maximum atomic E-state index is 13.6. The van der Waals surface area contributed by atoms with Crippen molar-refractivity contribution in [3.8, 4) is 0 Å². The van der Waals surface area contributed by atoms with Crippen molar-refractivity contribution in [2.75, 3.05) is 0 Å². The van der Waals surface area contributed by atoms with Crippen LogP contribution in [0.3, 0.4) is 0 Å². The Hall–Kier alpha value is -2.12. The highest BCUT2D eigenvalue weighted by molar-refractivity contribution is 7.85. The number of halogens is 2. The van der Waals surface area contributed by atoms with E-state index in [2.05, 4.69) is 0 Å². The van der Waals surface area contributed by atoms with Crippen LogP contribution in [0.15, 0.2) is 41.3 Å². The molecule has 0 bridgehead atoms. The Morgan fingerprint density at radius 2 is 1.67 bits per heavy atom. The Morgan fingerprint density at radius 3 is 2.14 bits per heavy atom. The molecule has 0 atom stereocenters. The molecule has 2 aromatic rings. The molecule has 4 nitrogen and oxygen atoms in total. The molecule has 0 heterocycles. The number of carbonyl (C=O) groups is 1. The van der Waals surface area contributed by atoms with Crippen molar-refractivity contribution in [2.45, 2.75) is 11.8 Å². The monoisotopic (exact) mass is 312 g/mol. The predicted molar refractivity (Wildman–Crippen MR) is 70.8 cm³/mol. The quantitative estimate of drug-likeness (QED) is 0.699. The third-order valence-corrected chi connectivity index (χ3v) is 3.92. The van der Waals surface area contributed by atoms with Gasteiger partial charge in [0, 0.05) is 5.56 Å². The third kappa shape index (κ3) is 2.98. The second-order valence-electron chi connectivity index (χ2n) is 4.38. The summed E-state index contributed by atoms with van der Waals surface area (Å²) >= 11 is 0. The Kier molecular flexibility index (Phi) is 3.89. The van der Waals surface area contributed by atoms with Crippen LogP contribution in [0.25, 0.3) is 0 Å². The number of ketones is 1. The molecule has 21 heavy (non-hydrogen) atoms. The largest absolute Gasteiger partial charge is 0.294 e. The zero-order valence-electron chi connectivity index (χ0n) is 10.8. The fourth-order valence-corrected chi connectivity index (χ4v) is 2.64. The van der Waals surface area contributed by atoms with Crippen LogP contribution in [0.5, 0.6) is 0 Å². The summed E-state index contributed by atoms with van der Waals surface area (Å²) in [5.41, 5.74) is -0.694. The average molecular weight is 312 g/mol. The third-order valence-electron chi connectivity index (χ3n) is 2.90. The van der Waals surface area contributed by atoms with Crippen molar-refractivity contribution in [1.82, 2.24) is 0 Å². The van der Waals surface area contributed by atoms with Crippen LogP contribution in [0.4, 0.5) is 8.78 Å². The minimum Gasteiger partial charge on any atom is -0.288 e. The second kappa shape index (κ2) is 5.34. The summed E-state index contributed by atoms with van der Waals surface area (Å²) in [6.07, 6.45) is 0. The van der Waals surface area contributed by atoms with Gasteiger partial charge in [-0.15, -0.1) is 0 Å². The first-order chi connectivity index (χ1) is 9.71. The van der Waals surface area contributed by atoms with Crippen molar-refractivity contribution in [3.05, 3.63) is 64.7 Å². The van der Waals surface area contributed by atoms with Crippen molar-refractivity contribution in [2.24, 2.45) is 0 Å². The molecule has 0 aromatic heterocycles. The van der Waals surface area contributed by atoms with Gasteiger partial charge >= 0.3 is 0 Å². The molecular formula is C14H10F2O4S. The smallest absolute Gasteiger partial charge is 0.288 e. The van der Waals surface area contributed by atoms with Crippen LogP contribution in [0.1, 0.15) is 21.5 Å². The molecule has 7 heteroatoms. The molecule has 0 fully saturated rings. The van der Waals surface area contributed by atoms with Gasteiger partial charge < -0.3 is 0 Å². The fourth-order valence-electron chi connectivity index (χ4n) is 1.94. The van der Waals surface area contributed by atoms with Crippen LogP contribution in [-0.2, 0) is 10.1 Å². The van der Waals surface area contributed by atoms with Crippen LogP contribution < -0.4 is 0 Å². The molecule has 1 N–H and O–H groups in total. The lowest BCUT2D eigenvalue weighted by Crippen LogP contribution is -2.09. The van der Waals surface area contributed by atoms with E-state index in [0.717, 1.165) is 36.4 Å². The van der Waals surface area contributed by atoms with Gasteiger partial charge in [-0.3, -0.25) is 9.35 Å². The van der Waals surface area contributed by atoms with Crippen molar-refractivity contribution < 1.29 is 26.5 Å². The fraction of sp³-hybridized carbons (Fsp3) is 0.0714. The van der Waals surface area contributed by atoms with Gasteiger partial charge in [-0.25, -0.2) is 8.78 Å². The van der Waals surface area contributed by atoms with E-state index >= 15 is 0 Å². The summed E-state index contributed by atoms with van der Waals surface area (Å²) in [6, 6.07) is 6.29. The highest BCUT2D eigenvalue weighted by Gasteiger charge is 2.21. The highest BCUT2D eigenvalue weighted by Crippen LogP contribution is 2.21. The van der Waals surface area contributed by atoms with Gasteiger partial charge in [-0.05, 0) is 42.8 Å². The molecule has 2 aromatic carbocycles. The first-order valence-corrected chi connectivity index (χ1v) is 7.22. The standard InChI is InChI=1S/C14H10F2O4S/c1-8-7-9(5-6-12(8)21(18,19)20)14(17)13-10(15)3-2-4-11(13)16/h2-7H,1H3,(H,18,19,20). The lowest BCUT2D eigenvalue weighted by Gasteiger charge is -2.07. The molecule has 0 spiro atoms. The van der Waals surface area contributed by atoms with E-state index in [-0.39, 0.29) is 16.0 Å². The summed E-state index contributed by atoms with van der Waals surface area (Å²) < 4.78 is 58.2. The van der Waals surface area contributed by atoms with E-state index in [0.29, 0.717) is 0 Å². The molecule has 0 unspecified atom stereocenters. The van der Waals surface area contributed by atoms with E-state index in [9.17, 15) is 22.0 Å². The molecule has 0 saturated carbocycles. The summed E-state index contributed by atoms with van der Waals surface area (Å²) in [4.78, 5) is 11.7. The van der Waals surface area contributed by atoms with E-state index < -0.39 is 33.1 Å². The molecular weight excluding hydrogens is 302 g/mol. The zero-order valence-corrected chi connectivity index (χ0v) is 11.6. The maximum absolute atomic E-state index is 13.6. The van der Waals surface area contributed by atoms with E-state index in [1.165, 1.54) is 6.92 Å². The molecule has 0 radical (unpaired) electrons. The zero-order chi connectivity index (χ0) is 15.8. The Balaban J connectivity index is 2.54. The molecule has 0 amide bonds. The maximum Gasteiger partial charge on any atom is 0.294 e. The molecule has 0 saturated heterocycles. The minimum atomic E-state index is -4.42. The SMILES string of the molecule is Cc1cc(C(=O)c2c(F)cccc2F)ccc1S(=O)(=O)O. The highest BCUT2D eigenvalue weighted by atomic mass is 32.2. The second-order valence-corrected chi connectivity index (χ2v) is 5.77. The van der Waals surface area contributed by atoms with Crippen molar-refractivity contribution in [1.29, 1.82) is 0 Å². The number of aryl methyl sites for hydroxylation is 1. The topological polar surface area (TPSA) is 71.4 Å². The van der Waals surface area contributed by atoms with Crippen molar-refractivity contribution >= 4 is 15.9 Å². The van der Waals surface area contributed by atoms with Crippen LogP contribution >= 0.6 is 0 Å². The van der Waals surface area contributed by atoms with Crippen LogP contribution in [-0.4, -0.2) is 18.8 Å². The van der Waals surface area contributed by atoms with E-state index in [1.54, 1.807) is 0 Å². The molecule has 0 aliphatic heterocycles. The summed E-state index contributed by atoms with van der Waals surface area (Å²) in [7, 11) is -4.42. The minimum absolute atomic E-state index is 0.0797. The van der Waals surface area contributed by atoms with Gasteiger partial charge in [-0.1, -0.05) is 6.07 Å². The Labute approximate surface area is 119 Å². The number of rotatable bonds is 3. The number of hydrogen-bond donors (Lipinski definition) is 1. The summed E-state index contributed by atoms with van der Waals surface area (Å²) in [5.74, 6) is -2.91. The van der Waals surface area contributed by atoms with Crippen LogP contribution in [0, 0.1) is 18.6 Å². The lowest BCUT2D eigenvalue weighted by atomic mass is 10.0. The summed E-state index contributed by atoms with van der Waals surface area (Å²) in [6.45, 7) is 1.36. The van der Waals surface area contributed by atoms with Gasteiger partial charge in [0.15, 0.2) is 5.78 Å². The molecule has 0 aliphatic carbocycles. The van der Waals surface area contributed by atoms with Gasteiger partial charge in [0.2, 0.25) is 0 Å². The van der Waals surface area contributed by atoms with Crippen molar-refractivity contribution in [3.63, 3.8) is 0 Å².